The highest BCUT2D eigenvalue weighted by Gasteiger charge is 2.18. The average molecular weight is 308 g/mol. The van der Waals surface area contributed by atoms with E-state index < -0.39 is 0 Å². The van der Waals surface area contributed by atoms with Crippen LogP contribution in [0.4, 0.5) is 0 Å². The first-order chi connectivity index (χ1) is 9.79. The molecule has 1 aliphatic heterocycles. The Hall–Kier alpha value is -1.52. The zero-order chi connectivity index (χ0) is 13.9. The van der Waals surface area contributed by atoms with Gasteiger partial charge in [0.15, 0.2) is 0 Å². The van der Waals surface area contributed by atoms with Gasteiger partial charge < -0.3 is 15.2 Å². The van der Waals surface area contributed by atoms with Crippen LogP contribution in [0.3, 0.4) is 0 Å². The largest absolute Gasteiger partial charge is 0.361 e. The van der Waals surface area contributed by atoms with E-state index in [1.807, 2.05) is 11.1 Å². The van der Waals surface area contributed by atoms with Crippen molar-refractivity contribution in [3.8, 4) is 0 Å². The lowest BCUT2D eigenvalue weighted by Gasteiger charge is -2.27. The Morgan fingerprint density at radius 1 is 1.24 bits per heavy atom. The van der Waals surface area contributed by atoms with Gasteiger partial charge in [-0.25, -0.2) is 0 Å². The summed E-state index contributed by atoms with van der Waals surface area (Å²) in [5.41, 5.74) is 3.60. The van der Waals surface area contributed by atoms with E-state index in [0.29, 0.717) is 6.42 Å². The van der Waals surface area contributed by atoms with Crippen molar-refractivity contribution in [2.24, 2.45) is 0 Å². The normalized spacial score (nSPS) is 15.0. The van der Waals surface area contributed by atoms with Gasteiger partial charge in [-0.3, -0.25) is 4.79 Å². The Kier molecular flexibility index (Phi) is 5.26. The van der Waals surface area contributed by atoms with Gasteiger partial charge in [0.05, 0.1) is 6.42 Å². The molecule has 2 heterocycles. The summed E-state index contributed by atoms with van der Waals surface area (Å²) in [6, 6.07) is 6.32. The molecule has 0 spiro atoms. The molecule has 0 saturated carbocycles. The minimum absolute atomic E-state index is 0. The molecule has 2 aromatic rings. The second-order valence-corrected chi connectivity index (χ2v) is 5.31. The van der Waals surface area contributed by atoms with Crippen LogP contribution in [0.5, 0.6) is 0 Å². The van der Waals surface area contributed by atoms with E-state index in [1.54, 1.807) is 0 Å². The summed E-state index contributed by atoms with van der Waals surface area (Å²) in [6.45, 7) is 5.60. The number of piperazine rings is 1. The third-order valence-corrected chi connectivity index (χ3v) is 4.08. The van der Waals surface area contributed by atoms with Crippen LogP contribution < -0.4 is 5.32 Å². The van der Waals surface area contributed by atoms with Crippen LogP contribution in [0.25, 0.3) is 10.9 Å². The fourth-order valence-corrected chi connectivity index (χ4v) is 2.91. The van der Waals surface area contributed by atoms with E-state index in [1.165, 1.54) is 16.5 Å². The van der Waals surface area contributed by atoms with Crippen molar-refractivity contribution in [2.45, 2.75) is 19.8 Å². The number of amides is 1. The van der Waals surface area contributed by atoms with Gasteiger partial charge in [0.25, 0.3) is 0 Å². The Morgan fingerprint density at radius 2 is 2.00 bits per heavy atom. The first-order valence-corrected chi connectivity index (χ1v) is 7.36. The quantitative estimate of drug-likeness (QED) is 0.912. The van der Waals surface area contributed by atoms with E-state index in [2.05, 4.69) is 35.4 Å². The van der Waals surface area contributed by atoms with Crippen LogP contribution in [0, 0.1) is 0 Å². The summed E-state index contributed by atoms with van der Waals surface area (Å²) in [6.07, 6.45) is 3.49. The Labute approximate surface area is 131 Å². The van der Waals surface area contributed by atoms with Crippen molar-refractivity contribution in [3.63, 3.8) is 0 Å². The molecule has 1 saturated heterocycles. The van der Waals surface area contributed by atoms with Crippen molar-refractivity contribution >= 4 is 29.2 Å². The standard InChI is InChI=1S/C16H21N3O.ClH/c1-2-12-4-3-5-14-13(11-18-16(12)14)10-15(20)19-8-6-17-7-9-19;/h3-5,11,17-18H,2,6-10H2,1H3;1H. The molecule has 1 aromatic heterocycles. The van der Waals surface area contributed by atoms with Crippen molar-refractivity contribution in [2.75, 3.05) is 26.2 Å². The van der Waals surface area contributed by atoms with E-state index >= 15 is 0 Å². The Morgan fingerprint density at radius 3 is 2.71 bits per heavy atom. The number of nitrogens with one attached hydrogen (secondary N) is 2. The van der Waals surface area contributed by atoms with Crippen molar-refractivity contribution in [1.29, 1.82) is 0 Å². The van der Waals surface area contributed by atoms with Crippen LogP contribution in [0.2, 0.25) is 0 Å². The number of carbonyl (C=O) groups excluding carboxylic acids is 1. The van der Waals surface area contributed by atoms with Gasteiger partial charge in [-0.05, 0) is 17.5 Å². The van der Waals surface area contributed by atoms with Gasteiger partial charge in [-0.2, -0.15) is 0 Å². The lowest BCUT2D eigenvalue weighted by Crippen LogP contribution is -2.46. The molecule has 0 bridgehead atoms. The predicted octanol–water partition coefficient (Wildman–Crippen LogP) is 2.13. The van der Waals surface area contributed by atoms with E-state index in [9.17, 15) is 4.79 Å². The van der Waals surface area contributed by atoms with E-state index in [4.69, 9.17) is 0 Å². The Bertz CT molecular complexity index is 617. The molecule has 1 aromatic carbocycles. The minimum Gasteiger partial charge on any atom is -0.361 e. The SMILES string of the molecule is CCc1cccc2c(CC(=O)N3CCNCC3)c[nH]c12.Cl. The number of carbonyl (C=O) groups is 1. The number of aromatic amines is 1. The number of aromatic nitrogens is 1. The number of hydrogen-bond donors (Lipinski definition) is 2. The summed E-state index contributed by atoms with van der Waals surface area (Å²) in [5.74, 6) is 0.231. The highest BCUT2D eigenvalue weighted by Crippen LogP contribution is 2.23. The number of fused-ring (bicyclic) bond motifs is 1. The smallest absolute Gasteiger partial charge is 0.227 e. The molecule has 1 amide bonds. The fraction of sp³-hybridized carbons (Fsp3) is 0.438. The lowest BCUT2D eigenvalue weighted by atomic mass is 10.1. The number of rotatable bonds is 3. The van der Waals surface area contributed by atoms with Crippen molar-refractivity contribution in [1.82, 2.24) is 15.2 Å². The lowest BCUT2D eigenvalue weighted by molar-refractivity contribution is -0.131. The van der Waals surface area contributed by atoms with Gasteiger partial charge in [0, 0.05) is 43.3 Å². The van der Waals surface area contributed by atoms with Crippen LogP contribution >= 0.6 is 12.4 Å². The molecular formula is C16H22ClN3O. The number of hydrogen-bond acceptors (Lipinski definition) is 2. The molecule has 0 radical (unpaired) electrons. The number of halogens is 1. The zero-order valence-electron chi connectivity index (χ0n) is 12.3. The summed E-state index contributed by atoms with van der Waals surface area (Å²) >= 11 is 0. The van der Waals surface area contributed by atoms with Gasteiger partial charge in [-0.15, -0.1) is 12.4 Å². The zero-order valence-corrected chi connectivity index (χ0v) is 13.1. The Balaban J connectivity index is 0.00000161. The van der Waals surface area contributed by atoms with Gasteiger partial charge in [0.2, 0.25) is 5.91 Å². The molecular weight excluding hydrogens is 286 g/mol. The summed E-state index contributed by atoms with van der Waals surface area (Å²) in [7, 11) is 0. The highest BCUT2D eigenvalue weighted by molar-refractivity contribution is 5.90. The third kappa shape index (κ3) is 3.22. The number of benzene rings is 1. The number of para-hydroxylation sites is 1. The molecule has 2 N–H and O–H groups in total. The second kappa shape index (κ2) is 6.96. The van der Waals surface area contributed by atoms with Gasteiger partial charge in [-0.1, -0.05) is 25.1 Å². The molecule has 5 heteroatoms. The van der Waals surface area contributed by atoms with Crippen molar-refractivity contribution < 1.29 is 4.79 Å². The maximum atomic E-state index is 12.3. The van der Waals surface area contributed by atoms with E-state index in [-0.39, 0.29) is 18.3 Å². The topological polar surface area (TPSA) is 48.1 Å². The average Bonchev–Trinajstić information content (AvgIpc) is 2.91. The molecule has 0 unspecified atom stereocenters. The summed E-state index contributed by atoms with van der Waals surface area (Å²) in [5, 5.41) is 4.46. The summed E-state index contributed by atoms with van der Waals surface area (Å²) < 4.78 is 0. The fourth-order valence-electron chi connectivity index (χ4n) is 2.91. The van der Waals surface area contributed by atoms with Crippen LogP contribution in [-0.2, 0) is 17.6 Å². The van der Waals surface area contributed by atoms with Crippen LogP contribution in [0.1, 0.15) is 18.1 Å². The molecule has 21 heavy (non-hydrogen) atoms. The van der Waals surface area contributed by atoms with Crippen LogP contribution in [-0.4, -0.2) is 42.0 Å². The predicted molar refractivity (Wildman–Crippen MR) is 88.1 cm³/mol. The molecule has 0 aliphatic carbocycles. The third-order valence-electron chi connectivity index (χ3n) is 4.08. The minimum atomic E-state index is 0. The van der Waals surface area contributed by atoms with E-state index in [0.717, 1.165) is 38.2 Å². The molecule has 114 valence electrons. The molecule has 3 rings (SSSR count). The first-order valence-electron chi connectivity index (χ1n) is 7.36. The molecule has 1 aliphatic rings. The molecule has 0 atom stereocenters. The van der Waals surface area contributed by atoms with Gasteiger partial charge in [0.1, 0.15) is 0 Å². The van der Waals surface area contributed by atoms with Crippen molar-refractivity contribution in [3.05, 3.63) is 35.5 Å². The number of nitrogens with zero attached hydrogens (tertiary/aromatic N) is 1. The monoisotopic (exact) mass is 307 g/mol. The first kappa shape index (κ1) is 15.9. The number of aryl methyl sites for hydroxylation is 1. The maximum Gasteiger partial charge on any atom is 0.227 e. The highest BCUT2D eigenvalue weighted by atomic mass is 35.5. The van der Waals surface area contributed by atoms with Gasteiger partial charge >= 0.3 is 0 Å². The number of H-pyrrole nitrogens is 1. The summed E-state index contributed by atoms with van der Waals surface area (Å²) in [4.78, 5) is 17.6. The maximum absolute atomic E-state index is 12.3. The van der Waals surface area contributed by atoms with Crippen LogP contribution in [0.15, 0.2) is 24.4 Å². The molecule has 4 nitrogen and oxygen atoms in total. The molecule has 1 fully saturated rings. The second-order valence-electron chi connectivity index (χ2n) is 5.31.